The van der Waals surface area contributed by atoms with Gasteiger partial charge in [-0.1, -0.05) is 44.7 Å². The van der Waals surface area contributed by atoms with Gasteiger partial charge in [0.15, 0.2) is 0 Å². The molecule has 1 N–H and O–H groups in total. The summed E-state index contributed by atoms with van der Waals surface area (Å²) >= 11 is 0. The van der Waals surface area contributed by atoms with Gasteiger partial charge in [0.05, 0.1) is 0 Å². The molecule has 0 spiro atoms. The predicted octanol–water partition coefficient (Wildman–Crippen LogP) is 4.87. The first-order valence-electron chi connectivity index (χ1n) is 7.16. The normalized spacial score (nSPS) is 11.8. The summed E-state index contributed by atoms with van der Waals surface area (Å²) in [5.41, 5.74) is 2.55. The van der Waals surface area contributed by atoms with E-state index >= 15 is 0 Å². The zero-order valence-corrected chi connectivity index (χ0v) is 13.1. The summed E-state index contributed by atoms with van der Waals surface area (Å²) in [6.07, 6.45) is 5.79. The average Bonchev–Trinajstić information content (AvgIpc) is 2.35. The summed E-state index contributed by atoms with van der Waals surface area (Å²) < 4.78 is 14.1. The summed E-state index contributed by atoms with van der Waals surface area (Å²) in [5, 5.41) is 3.31. The van der Waals surface area contributed by atoms with E-state index in [0.29, 0.717) is 0 Å². The fourth-order valence-electron chi connectivity index (χ4n) is 2.19. The number of benzene rings is 1. The molecule has 0 amide bonds. The van der Waals surface area contributed by atoms with E-state index in [4.69, 9.17) is 0 Å². The van der Waals surface area contributed by atoms with Crippen LogP contribution in [0.4, 0.5) is 4.39 Å². The van der Waals surface area contributed by atoms with Gasteiger partial charge in [-0.25, -0.2) is 4.39 Å². The van der Waals surface area contributed by atoms with Crippen LogP contribution in [0.25, 0.3) is 0 Å². The van der Waals surface area contributed by atoms with Crippen molar-refractivity contribution in [1.29, 1.82) is 0 Å². The van der Waals surface area contributed by atoms with Gasteiger partial charge in [0.2, 0.25) is 0 Å². The molecule has 1 nitrogen and oxygen atoms in total. The maximum absolute atomic E-state index is 14.1. The lowest BCUT2D eigenvalue weighted by Gasteiger charge is -2.26. The van der Waals surface area contributed by atoms with Crippen molar-refractivity contribution in [1.82, 2.24) is 5.32 Å². The molecule has 0 aliphatic carbocycles. The van der Waals surface area contributed by atoms with Crippen molar-refractivity contribution in [2.45, 2.75) is 46.0 Å². The molecule has 0 bridgehead atoms. The van der Waals surface area contributed by atoms with Crippen LogP contribution in [-0.2, 0) is 5.41 Å². The molecule has 2 heteroatoms. The molecule has 20 heavy (non-hydrogen) atoms. The lowest BCUT2D eigenvalue weighted by molar-refractivity contribution is 0.442. The first-order chi connectivity index (χ1) is 9.36. The Morgan fingerprint density at radius 2 is 2.10 bits per heavy atom. The van der Waals surface area contributed by atoms with Crippen LogP contribution in [0.15, 0.2) is 42.6 Å². The molecule has 0 saturated carbocycles. The minimum absolute atomic E-state index is 0.109. The van der Waals surface area contributed by atoms with E-state index in [1.54, 1.807) is 6.07 Å². The van der Waals surface area contributed by atoms with Crippen molar-refractivity contribution in [3.05, 3.63) is 59.6 Å². The second-order valence-corrected chi connectivity index (χ2v) is 5.92. The van der Waals surface area contributed by atoms with Gasteiger partial charge in [-0.15, -0.1) is 0 Å². The van der Waals surface area contributed by atoms with Crippen LogP contribution in [0.5, 0.6) is 0 Å². The van der Waals surface area contributed by atoms with E-state index in [0.717, 1.165) is 36.2 Å². The van der Waals surface area contributed by atoms with Crippen LogP contribution in [0.3, 0.4) is 0 Å². The molecule has 0 unspecified atom stereocenters. The summed E-state index contributed by atoms with van der Waals surface area (Å²) in [6, 6.07) is 5.48. The number of halogens is 1. The van der Waals surface area contributed by atoms with Crippen LogP contribution in [0, 0.1) is 12.7 Å². The van der Waals surface area contributed by atoms with Gasteiger partial charge in [-0.2, -0.15) is 0 Å². The second kappa shape index (κ2) is 7.28. The Balaban J connectivity index is 2.59. The predicted molar refractivity (Wildman–Crippen MR) is 85.4 cm³/mol. The quantitative estimate of drug-likeness (QED) is 0.700. The maximum Gasteiger partial charge on any atom is 0.127 e. The van der Waals surface area contributed by atoms with Crippen molar-refractivity contribution in [3.8, 4) is 0 Å². The van der Waals surface area contributed by atoms with Gasteiger partial charge in [-0.05, 0) is 42.9 Å². The third-order valence-corrected chi connectivity index (χ3v) is 3.58. The third-order valence-electron chi connectivity index (χ3n) is 3.58. The molecule has 0 aliphatic heterocycles. The minimum Gasteiger partial charge on any atom is -0.389 e. The van der Waals surface area contributed by atoms with E-state index in [9.17, 15) is 4.39 Å². The number of allylic oxidation sites excluding steroid dienone is 2. The van der Waals surface area contributed by atoms with Crippen LogP contribution >= 0.6 is 0 Å². The Bertz CT molecular complexity index is 486. The van der Waals surface area contributed by atoms with Gasteiger partial charge >= 0.3 is 0 Å². The lowest BCUT2D eigenvalue weighted by atomic mass is 9.81. The Morgan fingerprint density at radius 1 is 1.40 bits per heavy atom. The van der Waals surface area contributed by atoms with Crippen LogP contribution < -0.4 is 5.32 Å². The smallest absolute Gasteiger partial charge is 0.127 e. The van der Waals surface area contributed by atoms with Crippen LogP contribution in [-0.4, -0.2) is 6.54 Å². The second-order valence-electron chi connectivity index (χ2n) is 5.92. The highest BCUT2D eigenvalue weighted by atomic mass is 19.1. The Kier molecular flexibility index (Phi) is 6.00. The molecule has 1 aromatic rings. The molecule has 110 valence electrons. The Labute approximate surface area is 122 Å². The Morgan fingerprint density at radius 3 is 2.70 bits per heavy atom. The number of nitrogens with one attached hydrogen (secondary N) is 1. The summed E-state index contributed by atoms with van der Waals surface area (Å²) in [7, 11) is 0. The fourth-order valence-corrected chi connectivity index (χ4v) is 2.19. The summed E-state index contributed by atoms with van der Waals surface area (Å²) in [5.74, 6) is -0.109. The molecule has 0 atom stereocenters. The molecule has 0 heterocycles. The first-order valence-corrected chi connectivity index (χ1v) is 7.16. The SMILES string of the molecule is C=C(C/C=C\C)NCCC(C)(C)c1ccc(C)cc1F. The number of rotatable bonds is 7. The molecule has 0 fully saturated rings. The lowest BCUT2D eigenvalue weighted by Crippen LogP contribution is -2.26. The molecule has 1 rings (SSSR count). The average molecular weight is 275 g/mol. The van der Waals surface area contributed by atoms with Crippen molar-refractivity contribution < 1.29 is 4.39 Å². The van der Waals surface area contributed by atoms with Crippen molar-refractivity contribution in [2.75, 3.05) is 6.54 Å². The summed E-state index contributed by atoms with van der Waals surface area (Å²) in [6.45, 7) is 12.8. The zero-order valence-electron chi connectivity index (χ0n) is 13.1. The zero-order chi connectivity index (χ0) is 15.2. The molecule has 0 aromatic heterocycles. The topological polar surface area (TPSA) is 12.0 Å². The van der Waals surface area contributed by atoms with E-state index in [1.165, 1.54) is 0 Å². The van der Waals surface area contributed by atoms with Crippen LogP contribution in [0.2, 0.25) is 0 Å². The molecule has 0 saturated heterocycles. The summed E-state index contributed by atoms with van der Waals surface area (Å²) in [4.78, 5) is 0. The largest absolute Gasteiger partial charge is 0.389 e. The molecule has 0 aliphatic rings. The van der Waals surface area contributed by atoms with Gasteiger partial charge in [-0.3, -0.25) is 0 Å². The maximum atomic E-state index is 14.1. The standard InChI is InChI=1S/C18H26FN/c1-6-7-8-15(3)20-12-11-18(4,5)16-10-9-14(2)13-17(16)19/h6-7,9-10,13,20H,3,8,11-12H2,1-2,4-5H3/b7-6-. The molecule has 1 aromatic carbocycles. The van der Waals surface area contributed by atoms with E-state index in [-0.39, 0.29) is 11.2 Å². The number of aryl methyl sites for hydroxylation is 1. The molecular weight excluding hydrogens is 249 g/mol. The first kappa shape index (κ1) is 16.5. The fraction of sp³-hybridized carbons (Fsp3) is 0.444. The molecule has 0 radical (unpaired) electrons. The van der Waals surface area contributed by atoms with Gasteiger partial charge < -0.3 is 5.32 Å². The van der Waals surface area contributed by atoms with Gasteiger partial charge in [0, 0.05) is 18.7 Å². The highest BCUT2D eigenvalue weighted by Gasteiger charge is 2.23. The van der Waals surface area contributed by atoms with Crippen molar-refractivity contribution in [2.24, 2.45) is 0 Å². The van der Waals surface area contributed by atoms with Crippen LogP contribution in [0.1, 0.15) is 44.7 Å². The number of hydrogen-bond acceptors (Lipinski definition) is 1. The van der Waals surface area contributed by atoms with Crippen molar-refractivity contribution >= 4 is 0 Å². The number of hydrogen-bond donors (Lipinski definition) is 1. The van der Waals surface area contributed by atoms with Gasteiger partial charge in [0.25, 0.3) is 0 Å². The third kappa shape index (κ3) is 4.84. The van der Waals surface area contributed by atoms with E-state index < -0.39 is 0 Å². The molecular formula is C18H26FN. The monoisotopic (exact) mass is 275 g/mol. The van der Waals surface area contributed by atoms with E-state index in [2.05, 4.69) is 31.8 Å². The van der Waals surface area contributed by atoms with Gasteiger partial charge in [0.1, 0.15) is 5.82 Å². The van der Waals surface area contributed by atoms with E-state index in [1.807, 2.05) is 32.1 Å². The minimum atomic E-state index is -0.189. The Hall–Kier alpha value is -1.57. The highest BCUT2D eigenvalue weighted by Crippen LogP contribution is 2.29. The van der Waals surface area contributed by atoms with Crippen molar-refractivity contribution in [3.63, 3.8) is 0 Å². The highest BCUT2D eigenvalue weighted by molar-refractivity contribution is 5.29.